The summed E-state index contributed by atoms with van der Waals surface area (Å²) in [5.41, 5.74) is 0.837. The molecule has 1 unspecified atom stereocenters. The van der Waals surface area contributed by atoms with Crippen LogP contribution in [-0.2, 0) is 22.7 Å². The second-order valence-electron chi connectivity index (χ2n) is 5.05. The van der Waals surface area contributed by atoms with Gasteiger partial charge in [-0.25, -0.2) is 14.6 Å². The number of rotatable bonds is 7. The van der Waals surface area contributed by atoms with Gasteiger partial charge in [-0.3, -0.25) is 0 Å². The monoisotopic (exact) mass is 317 g/mol. The number of hydrogen-bond donors (Lipinski definition) is 2. The van der Waals surface area contributed by atoms with Crippen LogP contribution in [0.1, 0.15) is 17.8 Å². The molecule has 2 rings (SSSR count). The van der Waals surface area contributed by atoms with Crippen LogP contribution in [0.25, 0.3) is 0 Å². The minimum absolute atomic E-state index is 0.0969. The molecule has 7 heteroatoms. The molecule has 1 aromatic heterocycles. The number of nitrogens with one attached hydrogen (secondary N) is 1. The first-order chi connectivity index (χ1) is 11.1. The largest absolute Gasteiger partial charge is 0.480 e. The van der Waals surface area contributed by atoms with Gasteiger partial charge in [0.2, 0.25) is 0 Å². The smallest absolute Gasteiger partial charge is 0.408 e. The lowest BCUT2D eigenvalue weighted by atomic mass is 10.2. The van der Waals surface area contributed by atoms with Crippen LogP contribution >= 0.6 is 0 Å². The van der Waals surface area contributed by atoms with E-state index < -0.39 is 18.1 Å². The minimum atomic E-state index is -1.10. The topological polar surface area (TPSA) is 93.5 Å². The molecule has 1 amide bonds. The molecule has 0 aliphatic carbocycles. The molecule has 0 radical (unpaired) electrons. The molecule has 23 heavy (non-hydrogen) atoms. The number of carbonyl (C=O) groups is 2. The molecular weight excluding hydrogens is 298 g/mol. The highest BCUT2D eigenvalue weighted by molar-refractivity contribution is 5.79. The summed E-state index contributed by atoms with van der Waals surface area (Å²) >= 11 is 0. The van der Waals surface area contributed by atoms with Gasteiger partial charge in [-0.2, -0.15) is 0 Å². The SMILES string of the molecule is Cc1nccn1CCC(NC(=O)OCc1ccccc1)C(=O)O. The Kier molecular flexibility index (Phi) is 5.74. The summed E-state index contributed by atoms with van der Waals surface area (Å²) in [5.74, 6) is -0.305. The zero-order valence-electron chi connectivity index (χ0n) is 12.8. The van der Waals surface area contributed by atoms with E-state index in [9.17, 15) is 14.7 Å². The Morgan fingerprint density at radius 3 is 2.70 bits per heavy atom. The molecule has 0 saturated carbocycles. The average molecular weight is 317 g/mol. The summed E-state index contributed by atoms with van der Waals surface area (Å²) in [6.07, 6.45) is 2.91. The Hall–Kier alpha value is -2.83. The van der Waals surface area contributed by atoms with Crippen molar-refractivity contribution in [1.29, 1.82) is 0 Å². The van der Waals surface area contributed by atoms with Crippen LogP contribution in [-0.4, -0.2) is 32.8 Å². The molecule has 2 N–H and O–H groups in total. The molecule has 0 aliphatic heterocycles. The molecule has 0 spiro atoms. The summed E-state index contributed by atoms with van der Waals surface area (Å²) in [6, 6.07) is 8.17. The Morgan fingerprint density at radius 2 is 2.09 bits per heavy atom. The number of carboxylic acids is 1. The Balaban J connectivity index is 1.82. The summed E-state index contributed by atoms with van der Waals surface area (Å²) < 4.78 is 6.86. The number of ether oxygens (including phenoxy) is 1. The standard InChI is InChI=1S/C16H19N3O4/c1-12-17-8-10-19(12)9-7-14(15(20)21)18-16(22)23-11-13-5-3-2-4-6-13/h2-6,8,10,14H,7,9,11H2,1H3,(H,18,22)(H,20,21). The molecule has 1 atom stereocenters. The van der Waals surface area contributed by atoms with Crippen molar-refractivity contribution < 1.29 is 19.4 Å². The molecule has 0 saturated heterocycles. The van der Waals surface area contributed by atoms with Crippen LogP contribution in [0.15, 0.2) is 42.7 Å². The van der Waals surface area contributed by atoms with Crippen molar-refractivity contribution in [2.24, 2.45) is 0 Å². The van der Waals surface area contributed by atoms with Crippen LogP contribution in [0.2, 0.25) is 0 Å². The normalized spacial score (nSPS) is 11.7. The van der Waals surface area contributed by atoms with Gasteiger partial charge in [0.1, 0.15) is 18.5 Å². The zero-order valence-corrected chi connectivity index (χ0v) is 12.8. The Morgan fingerprint density at radius 1 is 1.35 bits per heavy atom. The van der Waals surface area contributed by atoms with Gasteiger partial charge in [0.25, 0.3) is 0 Å². The van der Waals surface area contributed by atoms with Gasteiger partial charge < -0.3 is 19.7 Å². The number of aryl methyl sites for hydroxylation is 2. The van der Waals surface area contributed by atoms with Gasteiger partial charge in [-0.05, 0) is 18.9 Å². The van der Waals surface area contributed by atoms with Crippen molar-refractivity contribution in [2.75, 3.05) is 0 Å². The molecule has 0 aliphatic rings. The van der Waals surface area contributed by atoms with E-state index in [1.165, 1.54) is 0 Å². The van der Waals surface area contributed by atoms with Gasteiger partial charge in [0.15, 0.2) is 0 Å². The van der Waals surface area contributed by atoms with Crippen LogP contribution in [0.5, 0.6) is 0 Å². The molecule has 7 nitrogen and oxygen atoms in total. The van der Waals surface area contributed by atoms with E-state index in [4.69, 9.17) is 4.74 Å². The maximum atomic E-state index is 11.7. The number of amides is 1. The Labute approximate surface area is 133 Å². The van der Waals surface area contributed by atoms with Crippen LogP contribution in [0, 0.1) is 6.92 Å². The van der Waals surface area contributed by atoms with E-state index in [0.29, 0.717) is 6.54 Å². The van der Waals surface area contributed by atoms with Crippen molar-refractivity contribution in [3.8, 4) is 0 Å². The second-order valence-corrected chi connectivity index (χ2v) is 5.05. The first-order valence-corrected chi connectivity index (χ1v) is 7.24. The van der Waals surface area contributed by atoms with Crippen molar-refractivity contribution in [2.45, 2.75) is 32.5 Å². The summed E-state index contributed by atoms with van der Waals surface area (Å²) in [6.45, 7) is 2.37. The fourth-order valence-corrected chi connectivity index (χ4v) is 2.07. The summed E-state index contributed by atoms with van der Waals surface area (Å²) in [5, 5.41) is 11.6. The highest BCUT2D eigenvalue weighted by atomic mass is 16.5. The average Bonchev–Trinajstić information content (AvgIpc) is 2.95. The van der Waals surface area contributed by atoms with Gasteiger partial charge >= 0.3 is 12.1 Å². The maximum absolute atomic E-state index is 11.7. The number of carbonyl (C=O) groups excluding carboxylic acids is 1. The maximum Gasteiger partial charge on any atom is 0.408 e. The lowest BCUT2D eigenvalue weighted by Gasteiger charge is -2.15. The third-order valence-electron chi connectivity index (χ3n) is 3.39. The first-order valence-electron chi connectivity index (χ1n) is 7.24. The summed E-state index contributed by atoms with van der Waals surface area (Å²) in [7, 11) is 0. The number of hydrogen-bond acceptors (Lipinski definition) is 4. The first kappa shape index (κ1) is 16.5. The minimum Gasteiger partial charge on any atom is -0.480 e. The Bertz CT molecular complexity index is 654. The summed E-state index contributed by atoms with van der Waals surface area (Å²) in [4.78, 5) is 27.1. The quantitative estimate of drug-likeness (QED) is 0.814. The van der Waals surface area contributed by atoms with E-state index in [1.54, 1.807) is 12.4 Å². The highest BCUT2D eigenvalue weighted by Crippen LogP contribution is 2.04. The number of carboxylic acid groups (broad SMARTS) is 1. The number of imidazole rings is 1. The molecular formula is C16H19N3O4. The number of benzene rings is 1. The fourth-order valence-electron chi connectivity index (χ4n) is 2.07. The second kappa shape index (κ2) is 7.98. The van der Waals surface area contributed by atoms with Crippen LogP contribution in [0.4, 0.5) is 4.79 Å². The fraction of sp³-hybridized carbons (Fsp3) is 0.312. The van der Waals surface area contributed by atoms with E-state index in [0.717, 1.165) is 11.4 Å². The number of aliphatic carboxylic acids is 1. The van der Waals surface area contributed by atoms with Crippen molar-refractivity contribution in [3.63, 3.8) is 0 Å². The van der Waals surface area contributed by atoms with E-state index in [2.05, 4.69) is 10.3 Å². The number of aromatic nitrogens is 2. The molecule has 1 heterocycles. The predicted octanol–water partition coefficient (Wildman–Crippen LogP) is 1.96. The van der Waals surface area contributed by atoms with E-state index in [1.807, 2.05) is 41.8 Å². The van der Waals surface area contributed by atoms with Crippen molar-refractivity contribution in [3.05, 3.63) is 54.1 Å². The lowest BCUT2D eigenvalue weighted by molar-refractivity contribution is -0.139. The molecule has 0 bridgehead atoms. The van der Waals surface area contributed by atoms with E-state index in [-0.39, 0.29) is 13.0 Å². The molecule has 1 aromatic carbocycles. The van der Waals surface area contributed by atoms with Crippen LogP contribution in [0.3, 0.4) is 0 Å². The lowest BCUT2D eigenvalue weighted by Crippen LogP contribution is -2.41. The van der Waals surface area contributed by atoms with Gasteiger partial charge in [-0.1, -0.05) is 30.3 Å². The third-order valence-corrected chi connectivity index (χ3v) is 3.39. The zero-order chi connectivity index (χ0) is 16.7. The molecule has 0 fully saturated rings. The number of nitrogens with zero attached hydrogens (tertiary/aromatic N) is 2. The van der Waals surface area contributed by atoms with Crippen molar-refractivity contribution in [1.82, 2.24) is 14.9 Å². The van der Waals surface area contributed by atoms with Gasteiger partial charge in [0, 0.05) is 18.9 Å². The highest BCUT2D eigenvalue weighted by Gasteiger charge is 2.20. The molecule has 2 aromatic rings. The number of alkyl carbamates (subject to hydrolysis) is 1. The van der Waals surface area contributed by atoms with Gasteiger partial charge in [-0.15, -0.1) is 0 Å². The van der Waals surface area contributed by atoms with Crippen molar-refractivity contribution >= 4 is 12.1 Å². The predicted molar refractivity (Wildman–Crippen MR) is 82.8 cm³/mol. The third kappa shape index (κ3) is 5.14. The molecule has 122 valence electrons. The van der Waals surface area contributed by atoms with Crippen LogP contribution < -0.4 is 5.32 Å². The van der Waals surface area contributed by atoms with E-state index >= 15 is 0 Å². The van der Waals surface area contributed by atoms with Gasteiger partial charge in [0.05, 0.1) is 0 Å².